The molecule has 0 radical (unpaired) electrons. The van der Waals surface area contributed by atoms with Crippen LogP contribution in [0.15, 0.2) is 0 Å². The zero-order valence-corrected chi connectivity index (χ0v) is 12.6. The summed E-state index contributed by atoms with van der Waals surface area (Å²) >= 11 is 0. The molecule has 2 rings (SSSR count). The largest absolute Gasteiger partial charge is 0.451 e. The summed E-state index contributed by atoms with van der Waals surface area (Å²) in [6, 6.07) is 0. The monoisotopic (exact) mass is 318 g/mol. The summed E-state index contributed by atoms with van der Waals surface area (Å²) in [4.78, 5) is 25.3. The highest BCUT2D eigenvalue weighted by Gasteiger charge is 2.40. The zero-order valence-electron chi connectivity index (χ0n) is 12.6. The lowest BCUT2D eigenvalue weighted by atomic mass is 9.88. The van der Waals surface area contributed by atoms with Crippen LogP contribution >= 0.6 is 0 Å². The molecule has 1 aliphatic rings. The molecular formula is C13H17F3N4O2. The maximum Gasteiger partial charge on any atom is 0.451 e. The van der Waals surface area contributed by atoms with Crippen LogP contribution < -0.4 is 0 Å². The third-order valence-electron chi connectivity index (χ3n) is 3.51. The van der Waals surface area contributed by atoms with E-state index in [-0.39, 0.29) is 37.7 Å². The number of amides is 1. The number of ketones is 1. The predicted octanol–water partition coefficient (Wildman–Crippen LogP) is 1.64. The van der Waals surface area contributed by atoms with Gasteiger partial charge in [0.25, 0.3) is 0 Å². The van der Waals surface area contributed by atoms with Crippen molar-refractivity contribution < 1.29 is 22.8 Å². The summed E-state index contributed by atoms with van der Waals surface area (Å²) in [6.45, 7) is 5.14. The molecule has 1 aromatic heterocycles. The van der Waals surface area contributed by atoms with Crippen LogP contribution in [0.4, 0.5) is 13.2 Å². The van der Waals surface area contributed by atoms with Crippen molar-refractivity contribution in [1.82, 2.24) is 19.7 Å². The second-order valence-electron chi connectivity index (χ2n) is 6.25. The molecule has 2 heterocycles. The number of carbonyl (C=O) groups is 2. The van der Waals surface area contributed by atoms with Gasteiger partial charge in [-0.25, -0.2) is 0 Å². The Morgan fingerprint density at radius 1 is 1.14 bits per heavy atom. The number of aromatic nitrogens is 3. The average Bonchev–Trinajstić information content (AvgIpc) is 2.79. The van der Waals surface area contributed by atoms with Crippen LogP contribution in [0.3, 0.4) is 0 Å². The van der Waals surface area contributed by atoms with Crippen molar-refractivity contribution >= 4 is 11.7 Å². The van der Waals surface area contributed by atoms with Crippen molar-refractivity contribution in [3.8, 4) is 0 Å². The molecule has 9 heteroatoms. The molecule has 0 N–H and O–H groups in total. The molecule has 0 aliphatic carbocycles. The molecule has 0 spiro atoms. The molecule has 22 heavy (non-hydrogen) atoms. The molecule has 1 amide bonds. The van der Waals surface area contributed by atoms with Gasteiger partial charge < -0.3 is 9.47 Å². The van der Waals surface area contributed by atoms with E-state index in [4.69, 9.17) is 0 Å². The van der Waals surface area contributed by atoms with Crippen molar-refractivity contribution in [2.75, 3.05) is 6.54 Å². The van der Waals surface area contributed by atoms with Gasteiger partial charge in [0.05, 0.1) is 13.0 Å². The Kier molecular flexibility index (Phi) is 4.01. The lowest BCUT2D eigenvalue weighted by Gasteiger charge is -2.28. The van der Waals surface area contributed by atoms with Gasteiger partial charge in [0, 0.05) is 18.5 Å². The van der Waals surface area contributed by atoms with E-state index in [1.54, 1.807) is 20.8 Å². The molecule has 1 aromatic rings. The molecular weight excluding hydrogens is 301 g/mol. The summed E-state index contributed by atoms with van der Waals surface area (Å²) in [5, 5.41) is 6.64. The number of nitrogens with zero attached hydrogens (tertiary/aromatic N) is 4. The van der Waals surface area contributed by atoms with E-state index >= 15 is 0 Å². The number of halogens is 3. The Labute approximate surface area is 125 Å². The summed E-state index contributed by atoms with van der Waals surface area (Å²) in [7, 11) is 0. The van der Waals surface area contributed by atoms with Gasteiger partial charge >= 0.3 is 6.18 Å². The van der Waals surface area contributed by atoms with Crippen molar-refractivity contribution in [2.45, 2.75) is 46.5 Å². The highest BCUT2D eigenvalue weighted by atomic mass is 19.4. The van der Waals surface area contributed by atoms with Gasteiger partial charge in [-0.1, -0.05) is 20.8 Å². The normalized spacial score (nSPS) is 15.6. The fourth-order valence-corrected chi connectivity index (χ4v) is 2.09. The number of hydrogen-bond acceptors (Lipinski definition) is 4. The summed E-state index contributed by atoms with van der Waals surface area (Å²) in [5.74, 6) is -1.58. The maximum atomic E-state index is 12.7. The molecule has 122 valence electrons. The second kappa shape index (κ2) is 5.36. The highest BCUT2D eigenvalue weighted by molar-refractivity contribution is 6.00. The van der Waals surface area contributed by atoms with E-state index in [1.807, 2.05) is 0 Å². The molecule has 6 nitrogen and oxygen atoms in total. The summed E-state index contributed by atoms with van der Waals surface area (Å²) < 4.78 is 39.1. The third-order valence-corrected chi connectivity index (χ3v) is 3.51. The first-order valence-electron chi connectivity index (χ1n) is 6.80. The van der Waals surface area contributed by atoms with Crippen molar-refractivity contribution in [1.29, 1.82) is 0 Å². The lowest BCUT2D eigenvalue weighted by Crippen LogP contribution is -2.41. The van der Waals surface area contributed by atoms with Gasteiger partial charge in [-0.05, 0) is 0 Å². The minimum atomic E-state index is -4.57. The second-order valence-corrected chi connectivity index (χ2v) is 6.25. The van der Waals surface area contributed by atoms with Crippen molar-refractivity contribution in [2.24, 2.45) is 5.41 Å². The Morgan fingerprint density at radius 3 is 2.32 bits per heavy atom. The van der Waals surface area contributed by atoms with E-state index in [1.165, 1.54) is 4.90 Å². The number of Topliss-reactive ketones (excluding diaryl/α,β-unsaturated/α-hetero) is 1. The SMILES string of the molecule is CC(C)(C)C(=O)CC(=O)N1CCn2c(nnc2C(F)(F)F)C1. The third kappa shape index (κ3) is 3.28. The minimum Gasteiger partial charge on any atom is -0.333 e. The fraction of sp³-hybridized carbons (Fsp3) is 0.692. The molecule has 0 atom stereocenters. The summed E-state index contributed by atoms with van der Waals surface area (Å²) in [5.41, 5.74) is -0.630. The van der Waals surface area contributed by atoms with Gasteiger partial charge in [-0.15, -0.1) is 10.2 Å². The Balaban J connectivity index is 2.09. The van der Waals surface area contributed by atoms with Crippen LogP contribution in [0.5, 0.6) is 0 Å². The van der Waals surface area contributed by atoms with Crippen LogP contribution in [0.25, 0.3) is 0 Å². The Bertz CT molecular complexity index is 601. The maximum absolute atomic E-state index is 12.7. The van der Waals surface area contributed by atoms with Crippen LogP contribution in [0, 0.1) is 5.41 Å². The minimum absolute atomic E-state index is 0.0351. The van der Waals surface area contributed by atoms with Gasteiger partial charge in [-0.3, -0.25) is 9.59 Å². The van der Waals surface area contributed by atoms with E-state index in [0.717, 1.165) is 4.57 Å². The standard InChI is InChI=1S/C13H17F3N4O2/c1-12(2,3)8(21)6-10(22)19-4-5-20-9(7-19)17-18-11(20)13(14,15)16/h4-7H2,1-3H3. The van der Waals surface area contributed by atoms with E-state index in [2.05, 4.69) is 10.2 Å². The van der Waals surface area contributed by atoms with Gasteiger partial charge in [-0.2, -0.15) is 13.2 Å². The highest BCUT2D eigenvalue weighted by Crippen LogP contribution is 2.29. The van der Waals surface area contributed by atoms with E-state index in [9.17, 15) is 22.8 Å². The van der Waals surface area contributed by atoms with E-state index < -0.39 is 23.3 Å². The molecule has 0 unspecified atom stereocenters. The van der Waals surface area contributed by atoms with Gasteiger partial charge in [0.1, 0.15) is 5.78 Å². The topological polar surface area (TPSA) is 68.1 Å². The molecule has 0 aromatic carbocycles. The zero-order chi connectivity index (χ0) is 16.7. The van der Waals surface area contributed by atoms with Crippen LogP contribution in [-0.4, -0.2) is 37.9 Å². The number of hydrogen-bond donors (Lipinski definition) is 0. The van der Waals surface area contributed by atoms with E-state index in [0.29, 0.717) is 0 Å². The quantitative estimate of drug-likeness (QED) is 0.778. The van der Waals surface area contributed by atoms with Crippen molar-refractivity contribution in [3.63, 3.8) is 0 Å². The van der Waals surface area contributed by atoms with Gasteiger partial charge in [0.2, 0.25) is 11.7 Å². The Hall–Kier alpha value is -1.93. The molecule has 1 aliphatic heterocycles. The molecule has 0 bridgehead atoms. The fourth-order valence-electron chi connectivity index (χ4n) is 2.09. The predicted molar refractivity (Wildman–Crippen MR) is 69.5 cm³/mol. The number of carbonyl (C=O) groups excluding carboxylic acids is 2. The lowest BCUT2D eigenvalue weighted by molar-refractivity contribution is -0.148. The van der Waals surface area contributed by atoms with Crippen LogP contribution in [0.2, 0.25) is 0 Å². The van der Waals surface area contributed by atoms with Crippen LogP contribution in [0.1, 0.15) is 38.8 Å². The van der Waals surface area contributed by atoms with Gasteiger partial charge in [0.15, 0.2) is 5.82 Å². The molecule has 0 saturated heterocycles. The Morgan fingerprint density at radius 2 is 1.77 bits per heavy atom. The number of alkyl halides is 3. The number of fused-ring (bicyclic) bond motifs is 1. The number of rotatable bonds is 2. The van der Waals surface area contributed by atoms with Crippen LogP contribution in [-0.2, 0) is 28.9 Å². The first-order chi connectivity index (χ1) is 10.00. The molecule has 0 fully saturated rings. The first-order valence-corrected chi connectivity index (χ1v) is 6.80. The average molecular weight is 318 g/mol. The van der Waals surface area contributed by atoms with Crippen molar-refractivity contribution in [3.05, 3.63) is 11.6 Å². The summed E-state index contributed by atoms with van der Waals surface area (Å²) in [6.07, 6.45) is -4.83. The molecule has 0 saturated carbocycles. The smallest absolute Gasteiger partial charge is 0.333 e. The first kappa shape index (κ1) is 16.4.